The summed E-state index contributed by atoms with van der Waals surface area (Å²) in [6, 6.07) is 0. The molecule has 0 aromatic carbocycles. The monoisotopic (exact) mass is 349 g/mol. The van der Waals surface area contributed by atoms with Crippen LogP contribution in [0.3, 0.4) is 0 Å². The van der Waals surface area contributed by atoms with Gasteiger partial charge in [-0.15, -0.1) is 0 Å². The van der Waals surface area contributed by atoms with E-state index >= 15 is 0 Å². The van der Waals surface area contributed by atoms with Gasteiger partial charge in [-0.2, -0.15) is 0 Å². The molecule has 3 nitrogen and oxygen atoms in total. The predicted octanol–water partition coefficient (Wildman–Crippen LogP) is 4.77. The van der Waals surface area contributed by atoms with Gasteiger partial charge < -0.3 is 14.7 Å². The minimum atomic E-state index is -0.182. The van der Waals surface area contributed by atoms with Crippen molar-refractivity contribution in [1.82, 2.24) is 14.7 Å². The molecule has 0 aliphatic carbocycles. The van der Waals surface area contributed by atoms with Gasteiger partial charge in [0.05, 0.1) is 6.67 Å². The summed E-state index contributed by atoms with van der Waals surface area (Å²) in [4.78, 5) is 7.12. The third kappa shape index (κ3) is 24.1. The molecule has 0 unspecified atom stereocenters. The van der Waals surface area contributed by atoms with E-state index in [1.807, 2.05) is 27.7 Å². The molecule has 0 spiro atoms. The van der Waals surface area contributed by atoms with Crippen molar-refractivity contribution < 1.29 is 4.39 Å². The van der Waals surface area contributed by atoms with Crippen LogP contribution in [0, 0.1) is 0 Å². The second-order valence-electron chi connectivity index (χ2n) is 6.01. The molecule has 0 bridgehead atoms. The zero-order valence-corrected chi connectivity index (χ0v) is 18.2. The Morgan fingerprint density at radius 1 is 0.542 bits per heavy atom. The van der Waals surface area contributed by atoms with Gasteiger partial charge in [0.2, 0.25) is 0 Å². The van der Waals surface area contributed by atoms with Crippen LogP contribution in [0.25, 0.3) is 0 Å². The maximum absolute atomic E-state index is 12.0. The van der Waals surface area contributed by atoms with E-state index in [0.717, 1.165) is 39.1 Å². The summed E-state index contributed by atoms with van der Waals surface area (Å²) < 4.78 is 12.0. The molecule has 0 aliphatic heterocycles. The Balaban J connectivity index is -0.00000102. The van der Waals surface area contributed by atoms with E-state index in [9.17, 15) is 4.39 Å². The molecule has 0 radical (unpaired) electrons. The molecule has 0 amide bonds. The Bertz CT molecular complexity index is 183. The van der Waals surface area contributed by atoms with E-state index in [4.69, 9.17) is 0 Å². The predicted molar refractivity (Wildman–Crippen MR) is 110 cm³/mol. The van der Waals surface area contributed by atoms with Crippen LogP contribution in [0.1, 0.15) is 66.7 Å². The summed E-state index contributed by atoms with van der Waals surface area (Å²) in [5.41, 5.74) is 0. The molecule has 150 valence electrons. The number of likely N-dealkylation sites (N-methyl/N-ethyl adjacent to an activating group) is 3. The summed E-state index contributed by atoms with van der Waals surface area (Å²) in [7, 11) is 6.53. The van der Waals surface area contributed by atoms with Gasteiger partial charge >= 0.3 is 0 Å². The summed E-state index contributed by atoms with van der Waals surface area (Å²) in [6.45, 7) is 16.7. The molecule has 0 fully saturated rings. The largest absolute Gasteiger partial charge is 0.305 e. The minimum absolute atomic E-state index is 0.182. The first kappa shape index (κ1) is 28.6. The Labute approximate surface area is 153 Å². The third-order valence-electron chi connectivity index (χ3n) is 3.79. The van der Waals surface area contributed by atoms with Crippen molar-refractivity contribution in [2.75, 3.05) is 67.1 Å². The van der Waals surface area contributed by atoms with Crippen molar-refractivity contribution in [3.05, 3.63) is 0 Å². The van der Waals surface area contributed by atoms with Gasteiger partial charge in [-0.1, -0.05) is 47.5 Å². The zero-order valence-electron chi connectivity index (χ0n) is 18.2. The fraction of sp³-hybridized carbons (Fsp3) is 1.00. The highest BCUT2D eigenvalue weighted by atomic mass is 19.1. The molecular formula is C20H48FN3. The lowest BCUT2D eigenvalue weighted by Crippen LogP contribution is -2.36. The van der Waals surface area contributed by atoms with E-state index in [-0.39, 0.29) is 6.67 Å². The van der Waals surface area contributed by atoms with E-state index in [1.165, 1.54) is 25.8 Å². The number of hydrogen-bond donors (Lipinski definition) is 0. The molecule has 0 atom stereocenters. The highest BCUT2D eigenvalue weighted by Crippen LogP contribution is 1.97. The quantitative estimate of drug-likeness (QED) is 0.418. The van der Waals surface area contributed by atoms with E-state index in [0.29, 0.717) is 6.42 Å². The van der Waals surface area contributed by atoms with E-state index in [1.54, 1.807) is 0 Å². The van der Waals surface area contributed by atoms with E-state index < -0.39 is 0 Å². The number of nitrogens with zero attached hydrogens (tertiary/aromatic N) is 3. The first-order chi connectivity index (χ1) is 11.6. The Morgan fingerprint density at radius 2 is 0.875 bits per heavy atom. The Morgan fingerprint density at radius 3 is 1.21 bits per heavy atom. The van der Waals surface area contributed by atoms with Crippen LogP contribution in [0.2, 0.25) is 0 Å². The van der Waals surface area contributed by atoms with Crippen molar-refractivity contribution in [3.8, 4) is 0 Å². The smallest absolute Gasteiger partial charge is 0.0894 e. The molecule has 24 heavy (non-hydrogen) atoms. The number of hydrogen-bond acceptors (Lipinski definition) is 3. The number of halogens is 1. The molecule has 0 saturated heterocycles. The Kier molecular flexibility index (Phi) is 29.9. The lowest BCUT2D eigenvalue weighted by atomic mass is 10.2. The fourth-order valence-electron chi connectivity index (χ4n) is 2.13. The molecule has 0 saturated carbocycles. The van der Waals surface area contributed by atoms with Crippen molar-refractivity contribution in [2.24, 2.45) is 0 Å². The lowest BCUT2D eigenvalue weighted by Gasteiger charge is -2.24. The van der Waals surface area contributed by atoms with Gasteiger partial charge in [0.25, 0.3) is 0 Å². The van der Waals surface area contributed by atoms with Gasteiger partial charge in [0, 0.05) is 26.2 Å². The van der Waals surface area contributed by atoms with Gasteiger partial charge in [-0.25, -0.2) is 0 Å². The summed E-state index contributed by atoms with van der Waals surface area (Å²) in [5.74, 6) is 0. The average molecular weight is 350 g/mol. The van der Waals surface area contributed by atoms with Gasteiger partial charge in [0.15, 0.2) is 0 Å². The van der Waals surface area contributed by atoms with Crippen LogP contribution in [0.15, 0.2) is 0 Å². The second kappa shape index (κ2) is 25.1. The normalized spacial score (nSPS) is 10.5. The number of unbranched alkanes of at least 4 members (excludes halogenated alkanes) is 3. The van der Waals surface area contributed by atoms with E-state index in [2.05, 4.69) is 42.8 Å². The van der Waals surface area contributed by atoms with Crippen LogP contribution in [-0.4, -0.2) is 81.8 Å². The van der Waals surface area contributed by atoms with Crippen LogP contribution in [0.5, 0.6) is 0 Å². The Hall–Kier alpha value is -0.190. The van der Waals surface area contributed by atoms with Crippen LogP contribution in [0.4, 0.5) is 4.39 Å². The third-order valence-corrected chi connectivity index (χ3v) is 3.79. The van der Waals surface area contributed by atoms with Gasteiger partial charge in [0.1, 0.15) is 0 Å². The van der Waals surface area contributed by atoms with Gasteiger partial charge in [-0.3, -0.25) is 4.39 Å². The second-order valence-corrected chi connectivity index (χ2v) is 6.01. The van der Waals surface area contributed by atoms with Crippen molar-refractivity contribution in [1.29, 1.82) is 0 Å². The van der Waals surface area contributed by atoms with Crippen molar-refractivity contribution >= 4 is 0 Å². The fourth-order valence-corrected chi connectivity index (χ4v) is 2.13. The molecule has 0 aliphatic rings. The zero-order chi connectivity index (χ0) is 19.2. The minimum Gasteiger partial charge on any atom is -0.305 e. The number of rotatable bonds is 14. The lowest BCUT2D eigenvalue weighted by molar-refractivity contribution is 0.222. The molecule has 4 heteroatoms. The first-order valence-electron chi connectivity index (χ1n) is 10.2. The molecule has 0 aromatic heterocycles. The molecule has 0 heterocycles. The van der Waals surface area contributed by atoms with Crippen LogP contribution >= 0.6 is 0 Å². The van der Waals surface area contributed by atoms with Crippen LogP contribution in [-0.2, 0) is 0 Å². The summed E-state index contributed by atoms with van der Waals surface area (Å²) in [5, 5.41) is 0. The van der Waals surface area contributed by atoms with Crippen molar-refractivity contribution in [2.45, 2.75) is 66.7 Å². The van der Waals surface area contributed by atoms with Crippen molar-refractivity contribution in [3.63, 3.8) is 0 Å². The maximum atomic E-state index is 12.0. The molecule has 0 N–H and O–H groups in total. The highest BCUT2D eigenvalue weighted by molar-refractivity contribution is 4.60. The van der Waals surface area contributed by atoms with Gasteiger partial charge in [-0.05, 0) is 53.5 Å². The topological polar surface area (TPSA) is 9.72 Å². The molecule has 0 rings (SSSR count). The summed E-state index contributed by atoms with van der Waals surface area (Å²) in [6.07, 6.45) is 5.61. The molecular weight excluding hydrogens is 301 g/mol. The average Bonchev–Trinajstić information content (AvgIpc) is 2.62. The maximum Gasteiger partial charge on any atom is 0.0894 e. The number of alkyl halides is 1. The SMILES string of the molecule is CC.CC.CCCCCN(C)CCN(C)CCN(C)CCCCF. The standard InChI is InChI=1S/C16H36FN3.2C2H6/c1-5-6-8-11-18(2)13-15-20(4)16-14-19(3)12-9-7-10-17;2*1-2/h5-16H2,1-4H3;2*1-2H3. The first-order valence-corrected chi connectivity index (χ1v) is 10.2. The summed E-state index contributed by atoms with van der Waals surface area (Å²) >= 11 is 0. The highest BCUT2D eigenvalue weighted by Gasteiger charge is 2.04. The molecule has 0 aromatic rings. The van der Waals surface area contributed by atoms with Crippen LogP contribution < -0.4 is 0 Å².